The minimum absolute atomic E-state index is 0.180. The first-order valence-electron chi connectivity index (χ1n) is 7.22. The molecule has 2 heterocycles. The number of morpholine rings is 1. The Balaban J connectivity index is 2.06. The Morgan fingerprint density at radius 3 is 2.80 bits per heavy atom. The van der Waals surface area contributed by atoms with Crippen molar-refractivity contribution in [3.8, 4) is 5.75 Å². The van der Waals surface area contributed by atoms with Gasteiger partial charge in [0, 0.05) is 30.2 Å². The largest absolute Gasteiger partial charge is 0.493 e. The lowest BCUT2D eigenvalue weighted by molar-refractivity contribution is -0.0252. The van der Waals surface area contributed by atoms with Crippen molar-refractivity contribution in [3.63, 3.8) is 0 Å². The summed E-state index contributed by atoms with van der Waals surface area (Å²) < 4.78 is 11.4. The van der Waals surface area contributed by atoms with Gasteiger partial charge in [0.05, 0.1) is 25.4 Å². The number of nitrogens with zero attached hydrogens (tertiary/aromatic N) is 1. The van der Waals surface area contributed by atoms with Crippen molar-refractivity contribution < 1.29 is 9.47 Å². The molecular weight excluding hydrogens is 276 g/mol. The first-order valence-corrected chi connectivity index (χ1v) is 7.60. The number of rotatable bonds is 2. The molecule has 2 aliphatic rings. The molecule has 1 fully saturated rings. The van der Waals surface area contributed by atoms with Crippen LogP contribution in [0.3, 0.4) is 0 Å². The zero-order valence-corrected chi connectivity index (χ0v) is 12.4. The van der Waals surface area contributed by atoms with Crippen LogP contribution in [0.4, 0.5) is 0 Å². The van der Waals surface area contributed by atoms with Crippen LogP contribution in [0.2, 0.25) is 5.02 Å². The van der Waals surface area contributed by atoms with Crippen LogP contribution in [0.15, 0.2) is 18.2 Å². The average Bonchev–Trinajstić information content (AvgIpc) is 2.68. The van der Waals surface area contributed by atoms with Gasteiger partial charge in [0.2, 0.25) is 0 Å². The third-order valence-electron chi connectivity index (χ3n) is 4.39. The highest BCUT2D eigenvalue weighted by Gasteiger charge is 2.41. The fourth-order valence-corrected chi connectivity index (χ4v) is 3.51. The highest BCUT2D eigenvalue weighted by molar-refractivity contribution is 6.30. The molecule has 0 radical (unpaired) electrons. The standard InChI is InChI=1S/C15H21ClN2O2/c16-12-2-3-14-13(10-12)15(11-17,4-1-7-20-14)18-5-8-19-9-6-18/h2-3,10H,1,4-9,11,17H2. The van der Waals surface area contributed by atoms with E-state index in [4.69, 9.17) is 26.8 Å². The molecule has 2 aliphatic heterocycles. The van der Waals surface area contributed by atoms with Crippen LogP contribution in [-0.4, -0.2) is 44.4 Å². The maximum Gasteiger partial charge on any atom is 0.124 e. The summed E-state index contributed by atoms with van der Waals surface area (Å²) in [6, 6.07) is 5.87. The number of hydrogen-bond acceptors (Lipinski definition) is 4. The first-order chi connectivity index (χ1) is 9.76. The topological polar surface area (TPSA) is 47.7 Å². The fraction of sp³-hybridized carbons (Fsp3) is 0.600. The summed E-state index contributed by atoms with van der Waals surface area (Å²) >= 11 is 6.21. The van der Waals surface area contributed by atoms with E-state index in [1.807, 2.05) is 18.2 Å². The van der Waals surface area contributed by atoms with E-state index >= 15 is 0 Å². The van der Waals surface area contributed by atoms with Gasteiger partial charge in [0.15, 0.2) is 0 Å². The van der Waals surface area contributed by atoms with Gasteiger partial charge in [-0.1, -0.05) is 11.6 Å². The molecule has 1 unspecified atom stereocenters. The van der Waals surface area contributed by atoms with E-state index in [1.54, 1.807) is 0 Å². The highest BCUT2D eigenvalue weighted by Crippen LogP contribution is 2.41. The molecule has 1 aromatic carbocycles. The lowest BCUT2D eigenvalue weighted by Gasteiger charge is -2.45. The normalized spacial score (nSPS) is 27.5. The van der Waals surface area contributed by atoms with Gasteiger partial charge in [0.1, 0.15) is 5.75 Å². The van der Waals surface area contributed by atoms with Crippen molar-refractivity contribution in [2.45, 2.75) is 18.4 Å². The zero-order valence-electron chi connectivity index (χ0n) is 11.6. The molecule has 0 spiro atoms. The molecular formula is C15H21ClN2O2. The molecule has 110 valence electrons. The van der Waals surface area contributed by atoms with Crippen LogP contribution in [0.5, 0.6) is 5.75 Å². The summed E-state index contributed by atoms with van der Waals surface area (Å²) in [6.45, 7) is 4.65. The van der Waals surface area contributed by atoms with E-state index in [9.17, 15) is 0 Å². The number of benzene rings is 1. The van der Waals surface area contributed by atoms with Gasteiger partial charge in [-0.15, -0.1) is 0 Å². The number of ether oxygens (including phenoxy) is 2. The molecule has 1 aromatic rings. The van der Waals surface area contributed by atoms with Crippen molar-refractivity contribution in [2.24, 2.45) is 5.73 Å². The quantitative estimate of drug-likeness (QED) is 0.907. The van der Waals surface area contributed by atoms with Gasteiger partial charge in [-0.2, -0.15) is 0 Å². The van der Waals surface area contributed by atoms with Gasteiger partial charge in [-0.05, 0) is 31.0 Å². The van der Waals surface area contributed by atoms with Gasteiger partial charge in [-0.3, -0.25) is 4.90 Å². The van der Waals surface area contributed by atoms with E-state index in [1.165, 1.54) is 0 Å². The summed E-state index contributed by atoms with van der Waals surface area (Å²) in [6.07, 6.45) is 2.00. The van der Waals surface area contributed by atoms with Gasteiger partial charge in [-0.25, -0.2) is 0 Å². The van der Waals surface area contributed by atoms with Crippen molar-refractivity contribution >= 4 is 11.6 Å². The number of nitrogens with two attached hydrogens (primary N) is 1. The molecule has 0 saturated carbocycles. The lowest BCUT2D eigenvalue weighted by Crippen LogP contribution is -2.55. The second-order valence-corrected chi connectivity index (χ2v) is 5.86. The molecule has 4 nitrogen and oxygen atoms in total. The Bertz CT molecular complexity index is 477. The van der Waals surface area contributed by atoms with Crippen molar-refractivity contribution in [1.29, 1.82) is 0 Å². The Labute approximate surface area is 124 Å². The predicted molar refractivity (Wildman–Crippen MR) is 79.3 cm³/mol. The third kappa shape index (κ3) is 2.42. The van der Waals surface area contributed by atoms with E-state index < -0.39 is 0 Å². The molecule has 1 saturated heterocycles. The molecule has 3 rings (SSSR count). The number of hydrogen-bond donors (Lipinski definition) is 1. The van der Waals surface area contributed by atoms with Crippen LogP contribution in [0, 0.1) is 0 Å². The minimum Gasteiger partial charge on any atom is -0.493 e. The van der Waals surface area contributed by atoms with Crippen LogP contribution in [-0.2, 0) is 10.3 Å². The summed E-state index contributed by atoms with van der Waals surface area (Å²) in [5.41, 5.74) is 7.17. The summed E-state index contributed by atoms with van der Waals surface area (Å²) in [5.74, 6) is 0.920. The first kappa shape index (κ1) is 14.1. The van der Waals surface area contributed by atoms with E-state index in [2.05, 4.69) is 4.90 Å². The molecule has 0 amide bonds. The molecule has 2 N–H and O–H groups in total. The lowest BCUT2D eigenvalue weighted by atomic mass is 9.83. The van der Waals surface area contributed by atoms with Crippen LogP contribution >= 0.6 is 11.6 Å². The Hall–Kier alpha value is -0.810. The maximum atomic E-state index is 6.22. The highest BCUT2D eigenvalue weighted by atomic mass is 35.5. The minimum atomic E-state index is -0.180. The zero-order chi connectivity index (χ0) is 14.0. The average molecular weight is 297 g/mol. The second-order valence-electron chi connectivity index (χ2n) is 5.43. The maximum absolute atomic E-state index is 6.22. The van der Waals surface area contributed by atoms with Gasteiger partial charge >= 0.3 is 0 Å². The smallest absolute Gasteiger partial charge is 0.124 e. The van der Waals surface area contributed by atoms with Crippen LogP contribution in [0.1, 0.15) is 18.4 Å². The second kappa shape index (κ2) is 5.90. The van der Waals surface area contributed by atoms with Crippen molar-refractivity contribution in [2.75, 3.05) is 39.5 Å². The molecule has 1 atom stereocenters. The number of fused-ring (bicyclic) bond motifs is 1. The van der Waals surface area contributed by atoms with Crippen LogP contribution in [0.25, 0.3) is 0 Å². The number of halogens is 1. The van der Waals surface area contributed by atoms with Crippen molar-refractivity contribution in [1.82, 2.24) is 4.90 Å². The summed E-state index contributed by atoms with van der Waals surface area (Å²) in [4.78, 5) is 2.44. The Kier molecular flexibility index (Phi) is 4.17. The Morgan fingerprint density at radius 2 is 2.05 bits per heavy atom. The fourth-order valence-electron chi connectivity index (χ4n) is 3.33. The predicted octanol–water partition coefficient (Wildman–Crippen LogP) is 2.00. The molecule has 0 bridgehead atoms. The molecule has 20 heavy (non-hydrogen) atoms. The third-order valence-corrected chi connectivity index (χ3v) is 4.62. The Morgan fingerprint density at radius 1 is 1.25 bits per heavy atom. The van der Waals surface area contributed by atoms with E-state index in [0.717, 1.165) is 62.1 Å². The molecule has 5 heteroatoms. The molecule has 0 aliphatic carbocycles. The SMILES string of the molecule is NCC1(N2CCOCC2)CCCOc2ccc(Cl)cc21. The van der Waals surface area contributed by atoms with E-state index in [0.29, 0.717) is 6.54 Å². The van der Waals surface area contributed by atoms with Crippen LogP contribution < -0.4 is 10.5 Å². The summed E-state index contributed by atoms with van der Waals surface area (Å²) in [5, 5.41) is 0.736. The van der Waals surface area contributed by atoms with Gasteiger partial charge < -0.3 is 15.2 Å². The molecule has 0 aromatic heterocycles. The van der Waals surface area contributed by atoms with Crippen molar-refractivity contribution in [3.05, 3.63) is 28.8 Å². The van der Waals surface area contributed by atoms with E-state index in [-0.39, 0.29) is 5.54 Å². The monoisotopic (exact) mass is 296 g/mol. The van der Waals surface area contributed by atoms with Gasteiger partial charge in [0.25, 0.3) is 0 Å². The summed E-state index contributed by atoms with van der Waals surface area (Å²) in [7, 11) is 0.